The van der Waals surface area contributed by atoms with Crippen molar-refractivity contribution >= 4 is 35.1 Å². The maximum absolute atomic E-state index is 11.4. The zero-order valence-electron chi connectivity index (χ0n) is 9.69. The quantitative estimate of drug-likeness (QED) is 0.815. The highest BCUT2D eigenvalue weighted by Gasteiger charge is 2.36. The van der Waals surface area contributed by atoms with Gasteiger partial charge in [-0.3, -0.25) is 4.79 Å². The first-order chi connectivity index (χ1) is 8.35. The number of hydrogen-bond acceptors (Lipinski definition) is 2. The Hall–Kier alpha value is -1.26. The highest BCUT2D eigenvalue weighted by atomic mass is 35.5. The zero-order chi connectivity index (χ0) is 13.8. The lowest BCUT2D eigenvalue weighted by molar-refractivity contribution is -0.146. The molecule has 2 N–H and O–H groups in total. The number of benzene rings is 1. The van der Waals surface area contributed by atoms with Crippen molar-refractivity contribution < 1.29 is 14.7 Å². The van der Waals surface area contributed by atoms with Crippen LogP contribution in [0.3, 0.4) is 0 Å². The molecule has 1 aromatic carbocycles. The number of amides is 1. The van der Waals surface area contributed by atoms with Gasteiger partial charge in [0.15, 0.2) is 4.84 Å². The van der Waals surface area contributed by atoms with Crippen LogP contribution in [0.5, 0.6) is 0 Å². The molecule has 98 valence electrons. The van der Waals surface area contributed by atoms with Gasteiger partial charge in [0, 0.05) is 6.42 Å². The van der Waals surface area contributed by atoms with Crippen LogP contribution in [0.2, 0.25) is 0 Å². The van der Waals surface area contributed by atoms with E-state index in [1.54, 1.807) is 24.3 Å². The molecule has 0 bridgehead atoms. The standard InChI is InChI=1S/C12H13Cl2NO3/c1-12(11(17)18,15-10(16)9(13)14)7-8-5-3-2-4-6-8/h2-6,9H,7H2,1H3,(H,15,16)(H,17,18). The molecule has 0 aromatic heterocycles. The van der Waals surface area contributed by atoms with Gasteiger partial charge in [-0.1, -0.05) is 53.5 Å². The average molecular weight is 290 g/mol. The summed E-state index contributed by atoms with van der Waals surface area (Å²) in [7, 11) is 0. The minimum atomic E-state index is -1.44. The summed E-state index contributed by atoms with van der Waals surface area (Å²) in [6, 6.07) is 8.99. The zero-order valence-corrected chi connectivity index (χ0v) is 11.2. The molecule has 4 nitrogen and oxygen atoms in total. The molecular formula is C12H13Cl2NO3. The Morgan fingerprint density at radius 1 is 1.33 bits per heavy atom. The molecule has 1 atom stereocenters. The molecule has 18 heavy (non-hydrogen) atoms. The Kier molecular flexibility index (Phi) is 4.99. The predicted octanol–water partition coefficient (Wildman–Crippen LogP) is 1.99. The van der Waals surface area contributed by atoms with Crippen molar-refractivity contribution in [2.45, 2.75) is 23.7 Å². The fraction of sp³-hybridized carbons (Fsp3) is 0.333. The average Bonchev–Trinajstić information content (AvgIpc) is 2.29. The van der Waals surface area contributed by atoms with Gasteiger partial charge in [0.05, 0.1) is 0 Å². The minimum absolute atomic E-state index is 0.148. The van der Waals surface area contributed by atoms with Gasteiger partial charge in [0.1, 0.15) is 5.54 Å². The first kappa shape index (κ1) is 14.8. The normalized spacial score (nSPS) is 14.0. The van der Waals surface area contributed by atoms with Crippen LogP contribution in [-0.2, 0) is 16.0 Å². The Balaban J connectivity index is 2.88. The van der Waals surface area contributed by atoms with Gasteiger partial charge in [0.25, 0.3) is 5.91 Å². The fourth-order valence-corrected chi connectivity index (χ4v) is 1.61. The van der Waals surface area contributed by atoms with E-state index in [0.717, 1.165) is 5.56 Å². The topological polar surface area (TPSA) is 66.4 Å². The van der Waals surface area contributed by atoms with E-state index in [1.807, 2.05) is 6.07 Å². The van der Waals surface area contributed by atoms with Crippen molar-refractivity contribution in [3.8, 4) is 0 Å². The third kappa shape index (κ3) is 3.89. The molecule has 0 radical (unpaired) electrons. The molecule has 0 aliphatic carbocycles. The summed E-state index contributed by atoms with van der Waals surface area (Å²) in [5.41, 5.74) is -0.649. The maximum Gasteiger partial charge on any atom is 0.329 e. The fourth-order valence-electron chi connectivity index (χ4n) is 1.50. The summed E-state index contributed by atoms with van der Waals surface area (Å²) < 4.78 is 0. The first-order valence-corrected chi connectivity index (χ1v) is 6.10. The van der Waals surface area contributed by atoms with E-state index in [9.17, 15) is 14.7 Å². The number of carbonyl (C=O) groups excluding carboxylic acids is 1. The molecule has 1 unspecified atom stereocenters. The highest BCUT2D eigenvalue weighted by Crippen LogP contribution is 2.15. The molecule has 0 heterocycles. The van der Waals surface area contributed by atoms with Gasteiger partial charge in [-0.25, -0.2) is 4.79 Å². The lowest BCUT2D eigenvalue weighted by Gasteiger charge is -2.26. The Labute approximate surface area is 115 Å². The SMILES string of the molecule is CC(Cc1ccccc1)(NC(=O)C(Cl)Cl)C(=O)O. The number of carboxylic acids is 1. The summed E-state index contributed by atoms with van der Waals surface area (Å²) in [6.45, 7) is 1.41. The van der Waals surface area contributed by atoms with Crippen LogP contribution in [0.4, 0.5) is 0 Å². The molecule has 0 aliphatic rings. The number of rotatable bonds is 5. The van der Waals surface area contributed by atoms with E-state index in [2.05, 4.69) is 5.32 Å². The van der Waals surface area contributed by atoms with Crippen LogP contribution >= 0.6 is 23.2 Å². The number of alkyl halides is 2. The number of nitrogens with one attached hydrogen (secondary N) is 1. The lowest BCUT2D eigenvalue weighted by atomic mass is 9.93. The Morgan fingerprint density at radius 2 is 1.89 bits per heavy atom. The van der Waals surface area contributed by atoms with Crippen molar-refractivity contribution in [1.82, 2.24) is 5.32 Å². The second-order valence-corrected chi connectivity index (χ2v) is 5.19. The minimum Gasteiger partial charge on any atom is -0.480 e. The number of hydrogen-bond donors (Lipinski definition) is 2. The van der Waals surface area contributed by atoms with E-state index in [0.29, 0.717) is 0 Å². The van der Waals surface area contributed by atoms with Crippen molar-refractivity contribution in [3.63, 3.8) is 0 Å². The van der Waals surface area contributed by atoms with Crippen LogP contribution < -0.4 is 5.32 Å². The highest BCUT2D eigenvalue weighted by molar-refractivity contribution is 6.53. The number of aliphatic carboxylic acids is 1. The lowest BCUT2D eigenvalue weighted by Crippen LogP contribution is -2.55. The van der Waals surface area contributed by atoms with Gasteiger partial charge < -0.3 is 10.4 Å². The summed E-state index contributed by atoms with van der Waals surface area (Å²) >= 11 is 10.8. The molecule has 0 saturated heterocycles. The van der Waals surface area contributed by atoms with Crippen LogP contribution in [0.25, 0.3) is 0 Å². The van der Waals surface area contributed by atoms with Gasteiger partial charge in [-0.15, -0.1) is 0 Å². The smallest absolute Gasteiger partial charge is 0.329 e. The van der Waals surface area contributed by atoms with Gasteiger partial charge in [-0.2, -0.15) is 0 Å². The monoisotopic (exact) mass is 289 g/mol. The van der Waals surface area contributed by atoms with E-state index in [4.69, 9.17) is 23.2 Å². The Bertz CT molecular complexity index is 436. The first-order valence-electron chi connectivity index (χ1n) is 5.22. The molecule has 1 amide bonds. The number of carboxylic acid groups (broad SMARTS) is 1. The van der Waals surface area contributed by atoms with E-state index in [1.165, 1.54) is 6.92 Å². The predicted molar refractivity (Wildman–Crippen MR) is 69.8 cm³/mol. The summed E-state index contributed by atoms with van der Waals surface area (Å²) in [5.74, 6) is -1.87. The van der Waals surface area contributed by atoms with E-state index < -0.39 is 22.3 Å². The summed E-state index contributed by atoms with van der Waals surface area (Å²) in [4.78, 5) is 21.4. The van der Waals surface area contributed by atoms with Crippen molar-refractivity contribution in [2.75, 3.05) is 0 Å². The van der Waals surface area contributed by atoms with Crippen LogP contribution in [0, 0.1) is 0 Å². The molecule has 0 saturated carbocycles. The largest absolute Gasteiger partial charge is 0.480 e. The molecule has 6 heteroatoms. The van der Waals surface area contributed by atoms with Crippen LogP contribution in [0.15, 0.2) is 30.3 Å². The molecule has 0 spiro atoms. The van der Waals surface area contributed by atoms with Crippen molar-refractivity contribution in [2.24, 2.45) is 0 Å². The van der Waals surface area contributed by atoms with Crippen LogP contribution in [-0.4, -0.2) is 27.4 Å². The number of carbonyl (C=O) groups is 2. The van der Waals surface area contributed by atoms with Gasteiger partial charge in [-0.05, 0) is 12.5 Å². The molecule has 0 fully saturated rings. The van der Waals surface area contributed by atoms with Gasteiger partial charge in [0.2, 0.25) is 0 Å². The van der Waals surface area contributed by atoms with Crippen LogP contribution in [0.1, 0.15) is 12.5 Å². The van der Waals surface area contributed by atoms with E-state index >= 15 is 0 Å². The third-order valence-corrected chi connectivity index (χ3v) is 2.87. The summed E-state index contributed by atoms with van der Waals surface area (Å²) in [5, 5.41) is 11.6. The second kappa shape index (κ2) is 6.07. The Morgan fingerprint density at radius 3 is 2.33 bits per heavy atom. The maximum atomic E-state index is 11.4. The number of halogens is 2. The molecule has 0 aliphatic heterocycles. The molecular weight excluding hydrogens is 277 g/mol. The second-order valence-electron chi connectivity index (χ2n) is 4.09. The van der Waals surface area contributed by atoms with Gasteiger partial charge >= 0.3 is 5.97 Å². The third-order valence-electron chi connectivity index (χ3n) is 2.47. The molecule has 1 aromatic rings. The summed E-state index contributed by atoms with van der Waals surface area (Å²) in [6.07, 6.45) is 0.148. The van der Waals surface area contributed by atoms with E-state index in [-0.39, 0.29) is 6.42 Å². The van der Waals surface area contributed by atoms with Crippen molar-refractivity contribution in [3.05, 3.63) is 35.9 Å². The molecule has 1 rings (SSSR count). The van der Waals surface area contributed by atoms with Crippen molar-refractivity contribution in [1.29, 1.82) is 0 Å².